The highest BCUT2D eigenvalue weighted by molar-refractivity contribution is 7.96. The van der Waals surface area contributed by atoms with Gasteiger partial charge in [0.2, 0.25) is 9.84 Å². The lowest BCUT2D eigenvalue weighted by molar-refractivity contribution is -0.165. The number of sulfone groups is 1. The molecular formula is C18H15F3O5S. The molecule has 0 N–H and O–H groups in total. The third kappa shape index (κ3) is 4.48. The van der Waals surface area contributed by atoms with Gasteiger partial charge in [0.15, 0.2) is 0 Å². The molecule has 0 spiro atoms. The fourth-order valence-electron chi connectivity index (χ4n) is 2.21. The quantitative estimate of drug-likeness (QED) is 0.693. The van der Waals surface area contributed by atoms with Crippen molar-refractivity contribution in [2.24, 2.45) is 0 Å². The van der Waals surface area contributed by atoms with Crippen LogP contribution in [0, 0.1) is 0 Å². The predicted molar refractivity (Wildman–Crippen MR) is 92.2 cm³/mol. The summed E-state index contributed by atoms with van der Waals surface area (Å²) in [6, 6.07) is 10.5. The second-order valence-corrected chi connectivity index (χ2v) is 7.18. The minimum atomic E-state index is -5.37. The zero-order valence-corrected chi connectivity index (χ0v) is 15.1. The molecule has 0 radical (unpaired) electrons. The van der Waals surface area contributed by atoms with E-state index in [1.807, 2.05) is 0 Å². The summed E-state index contributed by atoms with van der Waals surface area (Å²) < 4.78 is 74.6. The fourth-order valence-corrected chi connectivity index (χ4v) is 3.62. The Hall–Kier alpha value is -2.81. The van der Waals surface area contributed by atoms with Gasteiger partial charge in [0, 0.05) is 11.6 Å². The number of alkyl halides is 3. The van der Waals surface area contributed by atoms with E-state index in [4.69, 9.17) is 9.47 Å². The number of Topliss-reactive ketones (excluding diaryl/α,β-unsaturated/α-hetero) is 1. The smallest absolute Gasteiger partial charge is 0.455 e. The number of methoxy groups -OCH3 is 2. The molecule has 2 rings (SSSR count). The van der Waals surface area contributed by atoms with Crippen LogP contribution in [0.3, 0.4) is 0 Å². The van der Waals surface area contributed by atoms with Crippen molar-refractivity contribution in [1.82, 2.24) is 0 Å². The summed E-state index contributed by atoms with van der Waals surface area (Å²) in [5.74, 6) is -2.08. The van der Waals surface area contributed by atoms with Gasteiger partial charge in [0.05, 0.1) is 19.1 Å². The van der Waals surface area contributed by atoms with Crippen molar-refractivity contribution >= 4 is 21.7 Å². The van der Waals surface area contributed by atoms with Crippen LogP contribution in [0.25, 0.3) is 6.08 Å². The molecule has 0 aromatic heterocycles. The molecule has 0 fully saturated rings. The maximum atomic E-state index is 13.0. The van der Waals surface area contributed by atoms with Crippen LogP contribution in [0.1, 0.15) is 5.56 Å². The van der Waals surface area contributed by atoms with Crippen LogP contribution in [0.2, 0.25) is 0 Å². The van der Waals surface area contributed by atoms with Crippen LogP contribution in [0.5, 0.6) is 11.5 Å². The van der Waals surface area contributed by atoms with Gasteiger partial charge >= 0.3 is 6.18 Å². The van der Waals surface area contributed by atoms with Crippen LogP contribution in [0.15, 0.2) is 58.3 Å². The van der Waals surface area contributed by atoms with Gasteiger partial charge in [-0.25, -0.2) is 8.42 Å². The Balaban J connectivity index is 2.72. The highest BCUT2D eigenvalue weighted by Crippen LogP contribution is 2.32. The van der Waals surface area contributed by atoms with E-state index in [1.165, 1.54) is 50.6 Å². The number of carbonyl (C=O) groups excluding carboxylic acids is 1. The molecule has 2 aromatic rings. The average molecular weight is 400 g/mol. The number of benzene rings is 2. The molecule has 0 atom stereocenters. The molecular weight excluding hydrogens is 385 g/mol. The van der Waals surface area contributed by atoms with Gasteiger partial charge in [0.1, 0.15) is 16.4 Å². The van der Waals surface area contributed by atoms with Crippen molar-refractivity contribution in [3.8, 4) is 11.5 Å². The maximum absolute atomic E-state index is 13.0. The number of allylic oxidation sites excluding steroid dienone is 1. The molecule has 9 heteroatoms. The molecule has 0 unspecified atom stereocenters. The lowest BCUT2D eigenvalue weighted by Gasteiger charge is -2.13. The summed E-state index contributed by atoms with van der Waals surface area (Å²) in [6.45, 7) is 0. The summed E-state index contributed by atoms with van der Waals surface area (Å²) >= 11 is 0. The Morgan fingerprint density at radius 1 is 1.00 bits per heavy atom. The molecule has 0 aliphatic carbocycles. The number of hydrogen-bond acceptors (Lipinski definition) is 5. The first kappa shape index (κ1) is 20.5. The van der Waals surface area contributed by atoms with Crippen LogP contribution in [-0.4, -0.2) is 34.6 Å². The van der Waals surface area contributed by atoms with Crippen molar-refractivity contribution in [2.75, 3.05) is 14.2 Å². The number of rotatable bonds is 6. The lowest BCUT2D eigenvalue weighted by atomic mass is 10.1. The van der Waals surface area contributed by atoms with E-state index < -0.39 is 31.6 Å². The number of hydrogen-bond donors (Lipinski definition) is 0. The van der Waals surface area contributed by atoms with Gasteiger partial charge in [0.25, 0.3) is 5.78 Å². The van der Waals surface area contributed by atoms with E-state index in [1.54, 1.807) is 0 Å². The van der Waals surface area contributed by atoms with Crippen LogP contribution >= 0.6 is 0 Å². The van der Waals surface area contributed by atoms with E-state index in [-0.39, 0.29) is 11.3 Å². The number of ether oxygens (including phenoxy) is 2. The molecule has 0 aliphatic heterocycles. The van der Waals surface area contributed by atoms with Gasteiger partial charge in [-0.1, -0.05) is 18.2 Å². The van der Waals surface area contributed by atoms with E-state index in [9.17, 15) is 26.4 Å². The minimum Gasteiger partial charge on any atom is -0.497 e. The SMILES string of the molecule is COc1ccc(/C=C(/C(=O)C(F)(F)F)S(=O)(=O)c2ccccc2)c(OC)c1. The second kappa shape index (κ2) is 7.83. The number of ketones is 1. The third-order valence-corrected chi connectivity index (χ3v) is 5.33. The molecule has 144 valence electrons. The zero-order valence-electron chi connectivity index (χ0n) is 14.3. The highest BCUT2D eigenvalue weighted by Gasteiger charge is 2.45. The number of halogens is 3. The summed E-state index contributed by atoms with van der Waals surface area (Å²) in [7, 11) is -2.09. The Morgan fingerprint density at radius 3 is 2.15 bits per heavy atom. The topological polar surface area (TPSA) is 69.7 Å². The van der Waals surface area contributed by atoms with Crippen LogP contribution in [0.4, 0.5) is 13.2 Å². The number of carbonyl (C=O) groups is 1. The highest BCUT2D eigenvalue weighted by atomic mass is 32.2. The monoisotopic (exact) mass is 400 g/mol. The second-order valence-electron chi connectivity index (χ2n) is 5.26. The summed E-state index contributed by atoms with van der Waals surface area (Å²) in [5.41, 5.74) is -0.0228. The summed E-state index contributed by atoms with van der Waals surface area (Å²) in [5, 5.41) is 0. The van der Waals surface area contributed by atoms with Gasteiger partial charge in [-0.2, -0.15) is 13.2 Å². The standard InChI is InChI=1S/C18H15F3O5S/c1-25-13-9-8-12(15(11-13)26-2)10-16(17(22)18(19,20)21)27(23,24)14-6-4-3-5-7-14/h3-11H,1-2H3/b16-10-. The van der Waals surface area contributed by atoms with Crippen LogP contribution in [-0.2, 0) is 14.6 Å². The fraction of sp³-hybridized carbons (Fsp3) is 0.167. The van der Waals surface area contributed by atoms with Crippen molar-refractivity contribution in [1.29, 1.82) is 0 Å². The first-order chi connectivity index (χ1) is 12.6. The van der Waals surface area contributed by atoms with Crippen molar-refractivity contribution < 1.29 is 35.9 Å². The van der Waals surface area contributed by atoms with Gasteiger partial charge in [-0.15, -0.1) is 0 Å². The van der Waals surface area contributed by atoms with E-state index in [0.717, 1.165) is 12.1 Å². The molecule has 0 heterocycles. The summed E-state index contributed by atoms with van der Waals surface area (Å²) in [6.07, 6.45) is -4.72. The van der Waals surface area contributed by atoms with Crippen LogP contribution < -0.4 is 9.47 Å². The van der Waals surface area contributed by atoms with Gasteiger partial charge < -0.3 is 9.47 Å². The minimum absolute atomic E-state index is 0.0228. The Bertz CT molecular complexity index is 964. The van der Waals surface area contributed by atoms with Gasteiger partial charge in [-0.3, -0.25) is 4.79 Å². The van der Waals surface area contributed by atoms with Crippen molar-refractivity contribution in [3.05, 3.63) is 59.0 Å². The van der Waals surface area contributed by atoms with Gasteiger partial charge in [-0.05, 0) is 30.3 Å². The first-order valence-electron chi connectivity index (χ1n) is 7.46. The predicted octanol–water partition coefficient (Wildman–Crippen LogP) is 3.65. The first-order valence-corrected chi connectivity index (χ1v) is 8.95. The molecule has 27 heavy (non-hydrogen) atoms. The maximum Gasteiger partial charge on any atom is 0.455 e. The summed E-state index contributed by atoms with van der Waals surface area (Å²) in [4.78, 5) is 10.0. The molecule has 2 aromatic carbocycles. The lowest BCUT2D eigenvalue weighted by Crippen LogP contribution is -2.28. The van der Waals surface area contributed by atoms with E-state index in [2.05, 4.69) is 0 Å². The Kier molecular flexibility index (Phi) is 5.94. The molecule has 0 amide bonds. The average Bonchev–Trinajstić information content (AvgIpc) is 2.65. The van der Waals surface area contributed by atoms with E-state index in [0.29, 0.717) is 11.8 Å². The zero-order chi connectivity index (χ0) is 20.2. The Morgan fingerprint density at radius 2 is 1.63 bits per heavy atom. The third-order valence-electron chi connectivity index (χ3n) is 3.55. The largest absolute Gasteiger partial charge is 0.497 e. The van der Waals surface area contributed by atoms with Crippen molar-refractivity contribution in [3.63, 3.8) is 0 Å². The molecule has 0 aliphatic rings. The normalized spacial score (nSPS) is 12.6. The molecule has 0 saturated heterocycles. The van der Waals surface area contributed by atoms with E-state index >= 15 is 0 Å². The molecule has 5 nitrogen and oxygen atoms in total. The molecule has 0 bridgehead atoms. The Labute approximate surface area is 153 Å². The van der Waals surface area contributed by atoms with Crippen molar-refractivity contribution in [2.45, 2.75) is 11.1 Å². The molecule has 0 saturated carbocycles.